The SMILES string of the molecule is N[C@H]1CC[C@@H](Cn2nccn2)C1.O=C(O)C(F)(F)F. The van der Waals surface area contributed by atoms with Crippen LogP contribution in [0, 0.1) is 5.92 Å². The molecule has 19 heavy (non-hydrogen) atoms. The Morgan fingerprint density at radius 2 is 1.89 bits per heavy atom. The number of carboxylic acid groups (broad SMARTS) is 1. The Morgan fingerprint density at radius 1 is 1.37 bits per heavy atom. The molecule has 1 aromatic rings. The molecule has 1 fully saturated rings. The highest BCUT2D eigenvalue weighted by Gasteiger charge is 2.38. The normalized spacial score (nSPS) is 22.7. The van der Waals surface area contributed by atoms with Crippen molar-refractivity contribution >= 4 is 5.97 Å². The number of carbonyl (C=O) groups is 1. The molecular formula is C10H15F3N4O2. The smallest absolute Gasteiger partial charge is 0.475 e. The second-order valence-electron chi connectivity index (χ2n) is 4.33. The summed E-state index contributed by atoms with van der Waals surface area (Å²) in [6, 6.07) is 0.408. The number of aliphatic carboxylic acids is 1. The van der Waals surface area contributed by atoms with Crippen molar-refractivity contribution < 1.29 is 23.1 Å². The highest BCUT2D eigenvalue weighted by molar-refractivity contribution is 5.73. The van der Waals surface area contributed by atoms with E-state index in [1.165, 1.54) is 6.42 Å². The second kappa shape index (κ2) is 6.50. The van der Waals surface area contributed by atoms with Crippen molar-refractivity contribution in [2.75, 3.05) is 0 Å². The number of carboxylic acids is 1. The van der Waals surface area contributed by atoms with Crippen LogP contribution < -0.4 is 5.73 Å². The highest BCUT2D eigenvalue weighted by atomic mass is 19.4. The minimum atomic E-state index is -5.08. The lowest BCUT2D eigenvalue weighted by Gasteiger charge is -2.07. The van der Waals surface area contributed by atoms with Crippen LogP contribution in [0.25, 0.3) is 0 Å². The van der Waals surface area contributed by atoms with Crippen LogP contribution in [0.1, 0.15) is 19.3 Å². The molecule has 0 spiro atoms. The van der Waals surface area contributed by atoms with Gasteiger partial charge in [0.15, 0.2) is 0 Å². The summed E-state index contributed by atoms with van der Waals surface area (Å²) in [4.78, 5) is 10.6. The average Bonchev–Trinajstić information content (AvgIpc) is 2.90. The van der Waals surface area contributed by atoms with Gasteiger partial charge in [-0.2, -0.15) is 28.2 Å². The zero-order valence-corrected chi connectivity index (χ0v) is 10.0. The van der Waals surface area contributed by atoms with Gasteiger partial charge in [-0.3, -0.25) is 0 Å². The van der Waals surface area contributed by atoms with E-state index in [4.69, 9.17) is 15.6 Å². The van der Waals surface area contributed by atoms with Crippen LogP contribution in [0.3, 0.4) is 0 Å². The van der Waals surface area contributed by atoms with Crippen molar-refractivity contribution in [3.05, 3.63) is 12.4 Å². The number of nitrogens with two attached hydrogens (primary N) is 1. The molecular weight excluding hydrogens is 265 g/mol. The topological polar surface area (TPSA) is 94.0 Å². The maximum absolute atomic E-state index is 10.6. The number of rotatable bonds is 2. The predicted molar refractivity (Wildman–Crippen MR) is 59.0 cm³/mol. The molecule has 0 radical (unpaired) electrons. The van der Waals surface area contributed by atoms with E-state index in [1.54, 1.807) is 17.2 Å². The average molecular weight is 280 g/mol. The third-order valence-corrected chi connectivity index (χ3v) is 2.71. The minimum Gasteiger partial charge on any atom is -0.475 e. The van der Waals surface area contributed by atoms with Crippen LogP contribution in [0.4, 0.5) is 13.2 Å². The van der Waals surface area contributed by atoms with Crippen LogP contribution in [0.15, 0.2) is 12.4 Å². The number of alkyl halides is 3. The maximum Gasteiger partial charge on any atom is 0.490 e. The Balaban J connectivity index is 0.000000224. The summed E-state index contributed by atoms with van der Waals surface area (Å²) in [5.41, 5.74) is 5.80. The maximum atomic E-state index is 10.6. The van der Waals surface area contributed by atoms with Gasteiger partial charge in [0, 0.05) is 6.04 Å². The molecule has 0 saturated heterocycles. The van der Waals surface area contributed by atoms with Crippen LogP contribution in [-0.2, 0) is 11.3 Å². The van der Waals surface area contributed by atoms with E-state index in [9.17, 15) is 13.2 Å². The fraction of sp³-hybridized carbons (Fsp3) is 0.700. The van der Waals surface area contributed by atoms with Crippen LogP contribution in [-0.4, -0.2) is 38.3 Å². The van der Waals surface area contributed by atoms with Gasteiger partial charge in [-0.05, 0) is 25.2 Å². The van der Waals surface area contributed by atoms with Crippen LogP contribution >= 0.6 is 0 Å². The van der Waals surface area contributed by atoms with Crippen LogP contribution in [0.2, 0.25) is 0 Å². The highest BCUT2D eigenvalue weighted by Crippen LogP contribution is 2.24. The molecule has 1 saturated carbocycles. The van der Waals surface area contributed by atoms with Gasteiger partial charge < -0.3 is 10.8 Å². The molecule has 0 unspecified atom stereocenters. The second-order valence-corrected chi connectivity index (χ2v) is 4.33. The predicted octanol–water partition coefficient (Wildman–Crippen LogP) is 1.04. The molecule has 6 nitrogen and oxygen atoms in total. The lowest BCUT2D eigenvalue weighted by Crippen LogP contribution is -2.21. The number of hydrogen-bond donors (Lipinski definition) is 2. The Bertz CT molecular complexity index is 394. The van der Waals surface area contributed by atoms with Gasteiger partial charge in [0.1, 0.15) is 0 Å². The van der Waals surface area contributed by atoms with E-state index in [-0.39, 0.29) is 0 Å². The molecule has 1 aliphatic carbocycles. The van der Waals surface area contributed by atoms with Crippen molar-refractivity contribution in [2.45, 2.75) is 38.0 Å². The van der Waals surface area contributed by atoms with Gasteiger partial charge in [0.25, 0.3) is 0 Å². The quantitative estimate of drug-likeness (QED) is 0.844. The lowest BCUT2D eigenvalue weighted by atomic mass is 10.1. The molecule has 1 heterocycles. The van der Waals surface area contributed by atoms with Crippen molar-refractivity contribution in [2.24, 2.45) is 11.7 Å². The number of nitrogens with zero attached hydrogens (tertiary/aromatic N) is 3. The van der Waals surface area contributed by atoms with Gasteiger partial charge in [0.05, 0.1) is 18.9 Å². The molecule has 0 bridgehead atoms. The summed E-state index contributed by atoms with van der Waals surface area (Å²) in [6.07, 6.45) is 1.86. The Morgan fingerprint density at radius 3 is 2.26 bits per heavy atom. The first-order chi connectivity index (χ1) is 8.79. The Labute approximate surface area is 107 Å². The van der Waals surface area contributed by atoms with Crippen molar-refractivity contribution in [1.82, 2.24) is 15.0 Å². The zero-order valence-electron chi connectivity index (χ0n) is 10.0. The van der Waals surface area contributed by atoms with E-state index in [0.717, 1.165) is 19.4 Å². The van der Waals surface area contributed by atoms with E-state index in [1.807, 2.05) is 0 Å². The number of hydrogen-bond acceptors (Lipinski definition) is 4. The van der Waals surface area contributed by atoms with Gasteiger partial charge in [-0.15, -0.1) is 0 Å². The Hall–Kier alpha value is -1.64. The largest absolute Gasteiger partial charge is 0.490 e. The molecule has 1 aromatic heterocycles. The molecule has 0 aromatic carbocycles. The Kier molecular flexibility index (Phi) is 5.28. The molecule has 1 aliphatic rings. The first-order valence-corrected chi connectivity index (χ1v) is 5.69. The number of aromatic nitrogens is 3. The molecule has 2 atom stereocenters. The molecule has 108 valence electrons. The fourth-order valence-corrected chi connectivity index (χ4v) is 1.85. The van der Waals surface area contributed by atoms with Crippen LogP contribution in [0.5, 0.6) is 0 Å². The summed E-state index contributed by atoms with van der Waals surface area (Å²) in [7, 11) is 0. The van der Waals surface area contributed by atoms with Gasteiger partial charge in [0.2, 0.25) is 0 Å². The third-order valence-electron chi connectivity index (χ3n) is 2.71. The summed E-state index contributed by atoms with van der Waals surface area (Å²) in [6.45, 7) is 0.931. The van der Waals surface area contributed by atoms with E-state index in [0.29, 0.717) is 12.0 Å². The minimum absolute atomic E-state index is 0.408. The van der Waals surface area contributed by atoms with Crippen molar-refractivity contribution in [3.8, 4) is 0 Å². The first-order valence-electron chi connectivity index (χ1n) is 5.69. The van der Waals surface area contributed by atoms with E-state index in [2.05, 4.69) is 10.2 Å². The summed E-state index contributed by atoms with van der Waals surface area (Å²) in [5, 5.41) is 15.3. The zero-order chi connectivity index (χ0) is 14.5. The fourth-order valence-electron chi connectivity index (χ4n) is 1.85. The molecule has 0 aliphatic heterocycles. The van der Waals surface area contributed by atoms with E-state index < -0.39 is 12.1 Å². The first kappa shape index (κ1) is 15.4. The molecule has 0 amide bonds. The summed E-state index contributed by atoms with van der Waals surface area (Å²) < 4.78 is 31.7. The van der Waals surface area contributed by atoms with Crippen molar-refractivity contribution in [3.63, 3.8) is 0 Å². The van der Waals surface area contributed by atoms with Gasteiger partial charge >= 0.3 is 12.1 Å². The monoisotopic (exact) mass is 280 g/mol. The lowest BCUT2D eigenvalue weighted by molar-refractivity contribution is -0.192. The van der Waals surface area contributed by atoms with Gasteiger partial charge in [-0.25, -0.2) is 4.79 Å². The van der Waals surface area contributed by atoms with E-state index >= 15 is 0 Å². The number of halogens is 3. The summed E-state index contributed by atoms with van der Waals surface area (Å²) in [5.74, 6) is -2.07. The molecule has 9 heteroatoms. The third kappa shape index (κ3) is 5.69. The van der Waals surface area contributed by atoms with Gasteiger partial charge in [-0.1, -0.05) is 0 Å². The standard InChI is InChI=1S/C8H14N4.C2HF3O2/c9-8-2-1-7(5-8)6-12-10-3-4-11-12;3-2(4,5)1(6)7/h3-4,7-8H,1-2,5-6,9H2;(H,6,7)/t7-,8+;/m1./s1. The summed E-state index contributed by atoms with van der Waals surface area (Å²) >= 11 is 0. The molecule has 3 N–H and O–H groups in total. The van der Waals surface area contributed by atoms with Crippen molar-refractivity contribution in [1.29, 1.82) is 0 Å². The molecule has 2 rings (SSSR count).